The van der Waals surface area contributed by atoms with Crippen molar-refractivity contribution >= 4 is 17.6 Å². The molecule has 10 heteroatoms. The molecule has 2 N–H and O–H groups in total. The van der Waals surface area contributed by atoms with Crippen LogP contribution in [0.5, 0.6) is 0 Å². The number of rotatable bonds is 8. The molecule has 0 aliphatic heterocycles. The van der Waals surface area contributed by atoms with Gasteiger partial charge in [0.15, 0.2) is 6.04 Å². The van der Waals surface area contributed by atoms with Gasteiger partial charge in [0, 0.05) is 22.9 Å². The first-order valence-corrected chi connectivity index (χ1v) is 12.3. The van der Waals surface area contributed by atoms with E-state index in [4.69, 9.17) is 4.74 Å². The summed E-state index contributed by atoms with van der Waals surface area (Å²) in [5.74, 6) is 3.56. The summed E-state index contributed by atoms with van der Waals surface area (Å²) >= 11 is 0. The van der Waals surface area contributed by atoms with Crippen molar-refractivity contribution in [2.24, 2.45) is 0 Å². The Balaban J connectivity index is 1.67. The molecule has 0 aliphatic carbocycles. The van der Waals surface area contributed by atoms with Crippen LogP contribution in [0.2, 0.25) is 0 Å². The van der Waals surface area contributed by atoms with E-state index in [1.54, 1.807) is 48.5 Å². The summed E-state index contributed by atoms with van der Waals surface area (Å²) in [4.78, 5) is 38.4. The highest BCUT2D eigenvalue weighted by molar-refractivity contribution is 6.04. The van der Waals surface area contributed by atoms with Gasteiger partial charge in [0.2, 0.25) is 0 Å². The van der Waals surface area contributed by atoms with Crippen molar-refractivity contribution < 1.29 is 32.6 Å². The third-order valence-electron chi connectivity index (χ3n) is 5.90. The predicted molar refractivity (Wildman–Crippen MR) is 145 cm³/mol. The summed E-state index contributed by atoms with van der Waals surface area (Å²) in [6.07, 6.45) is -3.32. The van der Waals surface area contributed by atoms with Crippen LogP contribution in [0.3, 0.4) is 0 Å². The highest BCUT2D eigenvalue weighted by Gasteiger charge is 2.30. The van der Waals surface area contributed by atoms with Crippen molar-refractivity contribution in [3.63, 3.8) is 0 Å². The van der Waals surface area contributed by atoms with E-state index in [-0.39, 0.29) is 30.0 Å². The van der Waals surface area contributed by atoms with Crippen molar-refractivity contribution in [3.05, 3.63) is 135 Å². The SMILES string of the molecule is O=C(Nc1cc(C#Cc2ccccc2)cn(C(COCc2ccccc2)C(=O)O)c1=O)c1ccc(C(F)(F)F)cc1. The number of halogens is 3. The van der Waals surface area contributed by atoms with Crippen molar-refractivity contribution in [1.82, 2.24) is 4.57 Å². The zero-order valence-corrected chi connectivity index (χ0v) is 21.4. The minimum atomic E-state index is -4.58. The second-order valence-electron chi connectivity index (χ2n) is 8.85. The number of aromatic nitrogens is 1. The monoisotopic (exact) mass is 560 g/mol. The summed E-state index contributed by atoms with van der Waals surface area (Å²) in [7, 11) is 0. The van der Waals surface area contributed by atoms with Crippen molar-refractivity contribution in [2.75, 3.05) is 11.9 Å². The first-order valence-electron chi connectivity index (χ1n) is 12.3. The number of hydrogen-bond acceptors (Lipinski definition) is 4. The molecule has 0 radical (unpaired) electrons. The van der Waals surface area contributed by atoms with Crippen LogP contribution in [-0.2, 0) is 22.3 Å². The van der Waals surface area contributed by atoms with E-state index in [0.717, 1.165) is 34.4 Å². The van der Waals surface area contributed by atoms with Gasteiger partial charge in [0.05, 0.1) is 18.8 Å². The standard InChI is InChI=1S/C31H23F3N2O5/c32-31(33,34)25-15-13-24(14-16-25)28(37)35-26-17-23(12-11-21-7-3-1-4-8-21)18-36(29(26)38)27(30(39)40)20-41-19-22-9-5-2-6-10-22/h1-10,13-18,27H,19-20H2,(H,35,37)(H,39,40). The molecule has 1 aromatic heterocycles. The fourth-order valence-corrected chi connectivity index (χ4v) is 3.80. The number of nitrogens with zero attached hydrogens (tertiary/aromatic N) is 1. The molecule has 208 valence electrons. The lowest BCUT2D eigenvalue weighted by atomic mass is 10.1. The zero-order valence-electron chi connectivity index (χ0n) is 21.4. The molecule has 4 rings (SSSR count). The number of ether oxygens (including phenoxy) is 1. The topological polar surface area (TPSA) is 97.6 Å². The van der Waals surface area contributed by atoms with Crippen LogP contribution in [0.25, 0.3) is 0 Å². The number of nitrogens with one attached hydrogen (secondary N) is 1. The molecule has 0 spiro atoms. The minimum Gasteiger partial charge on any atom is -0.480 e. The molecule has 0 aliphatic rings. The van der Waals surface area contributed by atoms with Crippen LogP contribution in [0.1, 0.15) is 38.7 Å². The predicted octanol–water partition coefficient (Wildman–Crippen LogP) is 5.36. The van der Waals surface area contributed by atoms with E-state index in [2.05, 4.69) is 17.2 Å². The van der Waals surface area contributed by atoms with Crippen molar-refractivity contribution in [2.45, 2.75) is 18.8 Å². The Kier molecular flexibility index (Phi) is 9.02. The molecule has 3 aromatic carbocycles. The molecule has 0 saturated carbocycles. The molecule has 1 heterocycles. The number of carboxylic acids is 1. The second-order valence-corrected chi connectivity index (χ2v) is 8.85. The number of hydrogen-bond donors (Lipinski definition) is 2. The zero-order chi connectivity index (χ0) is 29.4. The summed E-state index contributed by atoms with van der Waals surface area (Å²) in [5, 5.41) is 12.3. The molecule has 0 bridgehead atoms. The van der Waals surface area contributed by atoms with Gasteiger partial charge in [0.25, 0.3) is 11.5 Å². The third-order valence-corrected chi connectivity index (χ3v) is 5.90. The van der Waals surface area contributed by atoms with Gasteiger partial charge in [-0.3, -0.25) is 14.2 Å². The van der Waals surface area contributed by atoms with E-state index in [1.807, 2.05) is 12.1 Å². The molecular formula is C31H23F3N2O5. The Bertz CT molecular complexity index is 1640. The van der Waals surface area contributed by atoms with E-state index in [0.29, 0.717) is 5.56 Å². The van der Waals surface area contributed by atoms with E-state index in [1.165, 1.54) is 12.3 Å². The lowest BCUT2D eigenvalue weighted by Gasteiger charge is -2.18. The molecule has 7 nitrogen and oxygen atoms in total. The Morgan fingerprint density at radius 1 is 0.902 bits per heavy atom. The van der Waals surface area contributed by atoms with Crippen LogP contribution in [0, 0.1) is 11.8 Å². The Labute approximate surface area is 232 Å². The van der Waals surface area contributed by atoms with Crippen LogP contribution >= 0.6 is 0 Å². The molecular weight excluding hydrogens is 537 g/mol. The van der Waals surface area contributed by atoms with Gasteiger partial charge in [-0.25, -0.2) is 4.79 Å². The number of alkyl halides is 3. The number of benzene rings is 3. The van der Waals surface area contributed by atoms with Gasteiger partial charge in [-0.2, -0.15) is 13.2 Å². The minimum absolute atomic E-state index is 0.102. The third kappa shape index (κ3) is 7.71. The van der Waals surface area contributed by atoms with Crippen LogP contribution in [0.4, 0.5) is 18.9 Å². The lowest BCUT2D eigenvalue weighted by Crippen LogP contribution is -2.34. The molecule has 41 heavy (non-hydrogen) atoms. The maximum Gasteiger partial charge on any atom is 0.416 e. The number of carboxylic acid groups (broad SMARTS) is 1. The van der Waals surface area contributed by atoms with Gasteiger partial charge in [-0.05, 0) is 48.0 Å². The number of anilines is 1. The van der Waals surface area contributed by atoms with Gasteiger partial charge in [-0.1, -0.05) is 60.4 Å². The molecule has 1 unspecified atom stereocenters. The van der Waals surface area contributed by atoms with E-state index in [9.17, 15) is 32.7 Å². The molecule has 0 saturated heterocycles. The van der Waals surface area contributed by atoms with Gasteiger partial charge in [-0.15, -0.1) is 0 Å². The lowest BCUT2D eigenvalue weighted by molar-refractivity contribution is -0.143. The first kappa shape index (κ1) is 28.9. The number of pyridine rings is 1. The number of aliphatic carboxylic acids is 1. The summed E-state index contributed by atoms with van der Waals surface area (Å²) in [5.41, 5.74) is -0.557. The maximum absolute atomic E-state index is 13.4. The molecule has 1 atom stereocenters. The van der Waals surface area contributed by atoms with Gasteiger partial charge in [0.1, 0.15) is 5.69 Å². The fraction of sp³-hybridized carbons (Fsp3) is 0.129. The molecule has 4 aromatic rings. The van der Waals surface area contributed by atoms with E-state index < -0.39 is 35.2 Å². The van der Waals surface area contributed by atoms with E-state index >= 15 is 0 Å². The van der Waals surface area contributed by atoms with Gasteiger partial charge >= 0.3 is 12.1 Å². The largest absolute Gasteiger partial charge is 0.480 e. The average Bonchev–Trinajstić information content (AvgIpc) is 2.96. The number of carbonyl (C=O) groups excluding carboxylic acids is 1. The highest BCUT2D eigenvalue weighted by Crippen LogP contribution is 2.29. The summed E-state index contributed by atoms with van der Waals surface area (Å²) in [6, 6.07) is 21.2. The van der Waals surface area contributed by atoms with Crippen LogP contribution in [-0.4, -0.2) is 28.2 Å². The summed E-state index contributed by atoms with van der Waals surface area (Å²) in [6.45, 7) is -0.267. The smallest absolute Gasteiger partial charge is 0.416 e. The van der Waals surface area contributed by atoms with Crippen molar-refractivity contribution in [1.29, 1.82) is 0 Å². The normalized spacial score (nSPS) is 11.7. The molecule has 1 amide bonds. The average molecular weight is 561 g/mol. The fourth-order valence-electron chi connectivity index (χ4n) is 3.80. The van der Waals surface area contributed by atoms with Crippen molar-refractivity contribution in [3.8, 4) is 11.8 Å². The Morgan fingerprint density at radius 3 is 2.12 bits per heavy atom. The number of carbonyl (C=O) groups is 2. The quantitative estimate of drug-likeness (QED) is 0.283. The Morgan fingerprint density at radius 2 is 1.51 bits per heavy atom. The second kappa shape index (κ2) is 12.8. The van der Waals surface area contributed by atoms with Crippen LogP contribution in [0.15, 0.2) is 102 Å². The maximum atomic E-state index is 13.4. The first-order chi connectivity index (χ1) is 19.6. The highest BCUT2D eigenvalue weighted by atomic mass is 19.4. The summed E-state index contributed by atoms with van der Waals surface area (Å²) < 4.78 is 45.2. The van der Waals surface area contributed by atoms with Crippen LogP contribution < -0.4 is 10.9 Å². The molecule has 0 fully saturated rings. The Hall–Kier alpha value is -5.14. The van der Waals surface area contributed by atoms with Gasteiger partial charge < -0.3 is 15.2 Å². The number of amides is 1.